The van der Waals surface area contributed by atoms with Crippen LogP contribution in [0.1, 0.15) is 29.9 Å². The molecular formula is C22H24N4O. The summed E-state index contributed by atoms with van der Waals surface area (Å²) in [5, 5.41) is 0. The fourth-order valence-corrected chi connectivity index (χ4v) is 2.83. The van der Waals surface area contributed by atoms with Gasteiger partial charge in [-0.2, -0.15) is 0 Å². The van der Waals surface area contributed by atoms with Crippen LogP contribution in [-0.2, 0) is 6.54 Å². The van der Waals surface area contributed by atoms with Crippen LogP contribution >= 0.6 is 0 Å². The number of anilines is 2. The molecule has 138 valence electrons. The molecule has 0 aliphatic carbocycles. The normalized spacial score (nSPS) is 10.7. The van der Waals surface area contributed by atoms with Gasteiger partial charge in [0.25, 0.3) is 5.91 Å². The molecule has 0 aliphatic rings. The van der Waals surface area contributed by atoms with Crippen LogP contribution in [0.5, 0.6) is 0 Å². The maximum absolute atomic E-state index is 12.7. The molecule has 3 rings (SSSR count). The van der Waals surface area contributed by atoms with Crippen molar-refractivity contribution in [1.82, 2.24) is 9.97 Å². The number of benzene rings is 2. The van der Waals surface area contributed by atoms with Crippen molar-refractivity contribution in [3.05, 3.63) is 84.3 Å². The molecule has 0 bridgehead atoms. The van der Waals surface area contributed by atoms with Crippen molar-refractivity contribution < 1.29 is 4.79 Å². The van der Waals surface area contributed by atoms with E-state index in [2.05, 4.69) is 40.8 Å². The van der Waals surface area contributed by atoms with Crippen LogP contribution in [0.15, 0.2) is 73.1 Å². The second-order valence-electron chi connectivity index (χ2n) is 6.67. The van der Waals surface area contributed by atoms with Gasteiger partial charge in [0, 0.05) is 25.3 Å². The van der Waals surface area contributed by atoms with Gasteiger partial charge in [0.2, 0.25) is 0 Å². The zero-order valence-corrected chi connectivity index (χ0v) is 15.9. The molecule has 0 unspecified atom stereocenters. The number of hydrogen-bond donors (Lipinski definition) is 0. The van der Waals surface area contributed by atoms with E-state index in [0.717, 1.165) is 18.1 Å². The zero-order chi connectivity index (χ0) is 19.2. The molecule has 0 N–H and O–H groups in total. The first kappa shape index (κ1) is 18.6. The minimum atomic E-state index is -0.181. The number of hydrogen-bond acceptors (Lipinski definition) is 4. The highest BCUT2D eigenvalue weighted by atomic mass is 16.2. The molecule has 5 nitrogen and oxygen atoms in total. The van der Waals surface area contributed by atoms with Crippen molar-refractivity contribution >= 4 is 17.4 Å². The Morgan fingerprint density at radius 2 is 1.56 bits per heavy atom. The summed E-state index contributed by atoms with van der Waals surface area (Å²) in [6.07, 6.45) is 3.23. The van der Waals surface area contributed by atoms with Crippen molar-refractivity contribution in [3.8, 4) is 0 Å². The summed E-state index contributed by atoms with van der Waals surface area (Å²) < 4.78 is 0. The van der Waals surface area contributed by atoms with Crippen molar-refractivity contribution in [1.29, 1.82) is 0 Å². The van der Waals surface area contributed by atoms with E-state index >= 15 is 0 Å². The Bertz CT molecular complexity index is 864. The van der Waals surface area contributed by atoms with E-state index in [1.807, 2.05) is 48.5 Å². The molecule has 1 heterocycles. The van der Waals surface area contributed by atoms with Crippen LogP contribution in [-0.4, -0.2) is 29.0 Å². The third-order valence-electron chi connectivity index (χ3n) is 4.42. The number of rotatable bonds is 6. The lowest BCUT2D eigenvalue weighted by Crippen LogP contribution is -2.32. The molecular weight excluding hydrogens is 336 g/mol. The third kappa shape index (κ3) is 4.50. The Morgan fingerprint density at radius 3 is 2.11 bits per heavy atom. The van der Waals surface area contributed by atoms with Gasteiger partial charge >= 0.3 is 0 Å². The number of para-hydroxylation sites is 1. The smallest absolute Gasteiger partial charge is 0.278 e. The number of carbonyl (C=O) groups is 1. The molecule has 0 radical (unpaired) electrons. The lowest BCUT2D eigenvalue weighted by molar-refractivity contribution is 0.0988. The summed E-state index contributed by atoms with van der Waals surface area (Å²) in [5.41, 5.74) is 2.35. The van der Waals surface area contributed by atoms with Crippen molar-refractivity contribution in [2.24, 2.45) is 0 Å². The summed E-state index contributed by atoms with van der Waals surface area (Å²) >= 11 is 0. The molecule has 0 atom stereocenters. The third-order valence-corrected chi connectivity index (χ3v) is 4.42. The van der Waals surface area contributed by atoms with Crippen LogP contribution < -0.4 is 9.80 Å². The average molecular weight is 360 g/mol. The van der Waals surface area contributed by atoms with Crippen molar-refractivity contribution in [3.63, 3.8) is 0 Å². The van der Waals surface area contributed by atoms with Gasteiger partial charge in [-0.3, -0.25) is 4.79 Å². The van der Waals surface area contributed by atoms with E-state index in [9.17, 15) is 4.79 Å². The van der Waals surface area contributed by atoms with Crippen LogP contribution in [0, 0.1) is 0 Å². The number of amides is 1. The fourth-order valence-electron chi connectivity index (χ4n) is 2.83. The van der Waals surface area contributed by atoms with E-state index in [0.29, 0.717) is 5.69 Å². The highest BCUT2D eigenvalue weighted by molar-refractivity contribution is 6.04. The predicted molar refractivity (Wildman–Crippen MR) is 109 cm³/mol. The largest absolute Gasteiger partial charge is 0.349 e. The molecule has 27 heavy (non-hydrogen) atoms. The van der Waals surface area contributed by atoms with Gasteiger partial charge in [-0.05, 0) is 31.5 Å². The van der Waals surface area contributed by atoms with Crippen LogP contribution in [0.25, 0.3) is 0 Å². The first-order chi connectivity index (χ1) is 13.1. The van der Waals surface area contributed by atoms with Gasteiger partial charge in [-0.1, -0.05) is 48.5 Å². The topological polar surface area (TPSA) is 49.3 Å². The minimum absolute atomic E-state index is 0.181. The van der Waals surface area contributed by atoms with Crippen LogP contribution in [0.2, 0.25) is 0 Å². The van der Waals surface area contributed by atoms with Crippen LogP contribution in [0.3, 0.4) is 0 Å². The Hall–Kier alpha value is -3.21. The fraction of sp³-hybridized carbons (Fsp3) is 0.227. The molecule has 0 spiro atoms. The summed E-state index contributed by atoms with van der Waals surface area (Å²) in [4.78, 5) is 25.3. The average Bonchev–Trinajstić information content (AvgIpc) is 2.72. The standard InChI is InChI=1S/C22H24N4O/c1-17(2)26(16-18-10-6-4-7-11-18)21-15-23-20(14-24-21)22(27)25(3)19-12-8-5-9-13-19/h4-15,17H,16H2,1-3H3. The summed E-state index contributed by atoms with van der Waals surface area (Å²) in [5.74, 6) is 0.576. The Kier molecular flexibility index (Phi) is 5.81. The van der Waals surface area contributed by atoms with Gasteiger partial charge in [0.05, 0.1) is 12.4 Å². The molecule has 0 fully saturated rings. The van der Waals surface area contributed by atoms with Crippen molar-refractivity contribution in [2.45, 2.75) is 26.4 Å². The van der Waals surface area contributed by atoms with Gasteiger partial charge in [0.15, 0.2) is 0 Å². The highest BCUT2D eigenvalue weighted by Gasteiger charge is 2.17. The summed E-state index contributed by atoms with van der Waals surface area (Å²) in [7, 11) is 1.74. The molecule has 2 aromatic carbocycles. The van der Waals surface area contributed by atoms with Gasteiger partial charge in [0.1, 0.15) is 11.5 Å². The zero-order valence-electron chi connectivity index (χ0n) is 15.9. The van der Waals surface area contributed by atoms with Crippen molar-refractivity contribution in [2.75, 3.05) is 16.8 Å². The highest BCUT2D eigenvalue weighted by Crippen LogP contribution is 2.18. The predicted octanol–water partition coefficient (Wildman–Crippen LogP) is 4.17. The quantitative estimate of drug-likeness (QED) is 0.662. The molecule has 0 aliphatic heterocycles. The first-order valence-electron chi connectivity index (χ1n) is 9.02. The second-order valence-corrected chi connectivity index (χ2v) is 6.67. The van der Waals surface area contributed by atoms with E-state index in [-0.39, 0.29) is 11.9 Å². The van der Waals surface area contributed by atoms with Gasteiger partial charge in [-0.25, -0.2) is 9.97 Å². The molecule has 5 heteroatoms. The summed E-state index contributed by atoms with van der Waals surface area (Å²) in [6.45, 7) is 4.98. The van der Waals surface area contributed by atoms with Crippen LogP contribution in [0.4, 0.5) is 11.5 Å². The lowest BCUT2D eigenvalue weighted by atomic mass is 10.2. The molecule has 1 aromatic heterocycles. The SMILES string of the molecule is CC(C)N(Cc1ccccc1)c1cnc(C(=O)N(C)c2ccccc2)cn1. The number of carbonyl (C=O) groups excluding carboxylic acids is 1. The van der Waals surface area contributed by atoms with E-state index in [1.54, 1.807) is 24.3 Å². The molecule has 0 saturated heterocycles. The summed E-state index contributed by atoms with van der Waals surface area (Å²) in [6, 6.07) is 20.0. The minimum Gasteiger partial charge on any atom is -0.349 e. The Balaban J connectivity index is 1.77. The van der Waals surface area contributed by atoms with E-state index < -0.39 is 0 Å². The lowest BCUT2D eigenvalue weighted by Gasteiger charge is -2.27. The van der Waals surface area contributed by atoms with Gasteiger partial charge in [-0.15, -0.1) is 0 Å². The maximum atomic E-state index is 12.7. The Labute approximate surface area is 160 Å². The second kappa shape index (κ2) is 8.45. The van der Waals surface area contributed by atoms with E-state index in [1.165, 1.54) is 5.56 Å². The molecule has 1 amide bonds. The maximum Gasteiger partial charge on any atom is 0.278 e. The number of aromatic nitrogens is 2. The molecule has 0 saturated carbocycles. The number of nitrogens with zero attached hydrogens (tertiary/aromatic N) is 4. The molecule has 3 aromatic rings. The Morgan fingerprint density at radius 1 is 0.926 bits per heavy atom. The van der Waals surface area contributed by atoms with Gasteiger partial charge < -0.3 is 9.80 Å². The first-order valence-corrected chi connectivity index (χ1v) is 9.02. The van der Waals surface area contributed by atoms with E-state index in [4.69, 9.17) is 0 Å². The monoisotopic (exact) mass is 360 g/mol.